The van der Waals surface area contributed by atoms with E-state index in [9.17, 15) is 24.8 Å². The molecular formula is C11H17NO6. The van der Waals surface area contributed by atoms with Crippen molar-refractivity contribution in [1.29, 1.82) is 0 Å². The highest BCUT2D eigenvalue weighted by Gasteiger charge is 2.20. The lowest BCUT2D eigenvalue weighted by Crippen LogP contribution is -2.26. The number of ketones is 1. The summed E-state index contributed by atoms with van der Waals surface area (Å²) in [6, 6.07) is 0. The first-order chi connectivity index (χ1) is 8.10. The first kappa shape index (κ1) is 16.2. The number of nitrogens with zero attached hydrogens (tertiary/aromatic N) is 1. The van der Waals surface area contributed by atoms with E-state index in [0.29, 0.717) is 6.20 Å². The van der Waals surface area contributed by atoms with Crippen LogP contribution < -0.4 is 0 Å². The van der Waals surface area contributed by atoms with Crippen molar-refractivity contribution in [2.24, 2.45) is 0 Å². The van der Waals surface area contributed by atoms with Gasteiger partial charge in [-0.15, -0.1) is 0 Å². The summed E-state index contributed by atoms with van der Waals surface area (Å²) in [7, 11) is 0. The van der Waals surface area contributed by atoms with Gasteiger partial charge in [-0.3, -0.25) is 19.7 Å². The lowest BCUT2D eigenvalue weighted by atomic mass is 10.1. The number of Topliss-reactive ketones (excluding diaryl/α,β-unsaturated/α-hetero) is 1. The van der Waals surface area contributed by atoms with Crippen LogP contribution >= 0.6 is 0 Å². The summed E-state index contributed by atoms with van der Waals surface area (Å²) in [5.41, 5.74) is -0.679. The number of nitro groups is 1. The minimum Gasteiger partial charge on any atom is -0.460 e. The number of carbonyl (C=O) groups excluding carboxylic acids is 2. The van der Waals surface area contributed by atoms with Crippen LogP contribution in [-0.4, -0.2) is 33.5 Å². The molecule has 0 fully saturated rings. The van der Waals surface area contributed by atoms with Crippen molar-refractivity contribution in [3.8, 4) is 0 Å². The Balaban J connectivity index is 4.12. The van der Waals surface area contributed by atoms with Gasteiger partial charge in [0, 0.05) is 12.5 Å². The van der Waals surface area contributed by atoms with Crippen LogP contribution in [0.3, 0.4) is 0 Å². The molecule has 0 aliphatic heterocycles. The Bertz CT molecular complexity index is 355. The van der Waals surface area contributed by atoms with Crippen molar-refractivity contribution in [3.63, 3.8) is 0 Å². The maximum atomic E-state index is 11.3. The molecule has 0 saturated heterocycles. The Labute approximate surface area is 105 Å². The Morgan fingerprint density at radius 1 is 1.44 bits per heavy atom. The maximum absolute atomic E-state index is 11.3. The molecule has 0 aromatic carbocycles. The molecule has 0 aliphatic rings. The molecule has 7 nitrogen and oxygen atoms in total. The predicted octanol–water partition coefficient (Wildman–Crippen LogP) is 0.829. The monoisotopic (exact) mass is 259 g/mol. The van der Waals surface area contributed by atoms with Crippen LogP contribution in [0.25, 0.3) is 0 Å². The van der Waals surface area contributed by atoms with Crippen molar-refractivity contribution >= 4 is 11.8 Å². The fraction of sp³-hybridized carbons (Fsp3) is 0.636. The molecule has 18 heavy (non-hydrogen) atoms. The highest BCUT2D eigenvalue weighted by Crippen LogP contribution is 2.09. The van der Waals surface area contributed by atoms with E-state index >= 15 is 0 Å². The number of ether oxygens (including phenoxy) is 1. The topological polar surface area (TPSA) is 107 Å². The summed E-state index contributed by atoms with van der Waals surface area (Å²) in [5.74, 6) is -1.22. The van der Waals surface area contributed by atoms with E-state index in [1.807, 2.05) is 0 Å². The number of esters is 1. The molecule has 0 saturated carbocycles. The van der Waals surface area contributed by atoms with Crippen LogP contribution in [-0.2, 0) is 14.3 Å². The van der Waals surface area contributed by atoms with E-state index in [-0.39, 0.29) is 6.42 Å². The molecule has 1 unspecified atom stereocenters. The van der Waals surface area contributed by atoms with Crippen LogP contribution in [0.1, 0.15) is 33.6 Å². The van der Waals surface area contributed by atoms with Crippen molar-refractivity contribution in [3.05, 3.63) is 22.4 Å². The fourth-order valence-corrected chi connectivity index (χ4v) is 1.08. The summed E-state index contributed by atoms with van der Waals surface area (Å²) in [6.45, 7) is 5.01. The first-order valence-electron chi connectivity index (χ1n) is 5.33. The second-order valence-electron chi connectivity index (χ2n) is 4.70. The van der Waals surface area contributed by atoms with Gasteiger partial charge in [0.05, 0.1) is 11.0 Å². The molecule has 0 amide bonds. The molecule has 0 aromatic heterocycles. The molecule has 1 N–H and O–H groups in total. The summed E-state index contributed by atoms with van der Waals surface area (Å²) >= 11 is 0. The zero-order valence-electron chi connectivity index (χ0n) is 10.6. The van der Waals surface area contributed by atoms with Gasteiger partial charge in [-0.2, -0.15) is 0 Å². The quantitative estimate of drug-likeness (QED) is 0.327. The summed E-state index contributed by atoms with van der Waals surface area (Å²) < 4.78 is 4.92. The zero-order chi connectivity index (χ0) is 14.3. The highest BCUT2D eigenvalue weighted by molar-refractivity contribution is 5.95. The van der Waals surface area contributed by atoms with Gasteiger partial charge in [0.2, 0.25) is 6.20 Å². The Morgan fingerprint density at radius 2 is 2.00 bits per heavy atom. The summed E-state index contributed by atoms with van der Waals surface area (Å²) in [4.78, 5) is 31.8. The van der Waals surface area contributed by atoms with Crippen molar-refractivity contribution in [2.75, 3.05) is 0 Å². The Morgan fingerprint density at radius 3 is 2.44 bits per heavy atom. The second kappa shape index (κ2) is 6.85. The molecule has 0 aliphatic carbocycles. The van der Waals surface area contributed by atoms with Gasteiger partial charge in [-0.05, 0) is 20.8 Å². The first-order valence-corrected chi connectivity index (χ1v) is 5.33. The van der Waals surface area contributed by atoms with Gasteiger partial charge in [0.15, 0.2) is 0 Å². The van der Waals surface area contributed by atoms with Crippen LogP contribution in [0, 0.1) is 10.1 Å². The van der Waals surface area contributed by atoms with Gasteiger partial charge in [-0.25, -0.2) is 0 Å². The fourth-order valence-electron chi connectivity index (χ4n) is 1.08. The number of aliphatic hydroxyl groups excluding tert-OH is 1. The van der Waals surface area contributed by atoms with Gasteiger partial charge in [0.25, 0.3) is 0 Å². The van der Waals surface area contributed by atoms with Crippen molar-refractivity contribution < 1.29 is 24.4 Å². The molecule has 102 valence electrons. The average Bonchev–Trinajstić information content (AvgIpc) is 2.10. The number of hydrogen-bond donors (Lipinski definition) is 1. The van der Waals surface area contributed by atoms with E-state index in [4.69, 9.17) is 4.74 Å². The molecule has 0 spiro atoms. The minimum atomic E-state index is -1.27. The minimum absolute atomic E-state index is 0.358. The SMILES string of the molecule is CC(C)(C)OC(=O)CC(=O)CC(O)C=C[N+](=O)[O-]. The molecular weight excluding hydrogens is 242 g/mol. The number of rotatable bonds is 6. The predicted molar refractivity (Wildman–Crippen MR) is 62.2 cm³/mol. The molecule has 1 atom stereocenters. The van der Waals surface area contributed by atoms with Crippen LogP contribution in [0.15, 0.2) is 12.3 Å². The van der Waals surface area contributed by atoms with Gasteiger partial charge < -0.3 is 9.84 Å². The molecule has 0 bridgehead atoms. The van der Waals surface area contributed by atoms with Crippen LogP contribution in [0.4, 0.5) is 0 Å². The molecule has 0 radical (unpaired) electrons. The third kappa shape index (κ3) is 9.46. The lowest BCUT2D eigenvalue weighted by Gasteiger charge is -2.19. The standard InChI is InChI=1S/C11H17NO6/c1-11(2,3)18-10(15)7-9(14)6-8(13)4-5-12(16)17/h4-5,8,13H,6-7H2,1-3H3. The molecule has 0 rings (SSSR count). The highest BCUT2D eigenvalue weighted by atomic mass is 16.6. The van der Waals surface area contributed by atoms with E-state index < -0.39 is 34.8 Å². The van der Waals surface area contributed by atoms with E-state index in [0.717, 1.165) is 6.08 Å². The molecule has 0 heterocycles. The third-order valence-electron chi connectivity index (χ3n) is 1.63. The number of hydrogen-bond acceptors (Lipinski definition) is 6. The Kier molecular flexibility index (Phi) is 6.18. The number of carbonyl (C=O) groups is 2. The van der Waals surface area contributed by atoms with Gasteiger partial charge in [-0.1, -0.05) is 0 Å². The van der Waals surface area contributed by atoms with E-state index in [2.05, 4.69) is 0 Å². The zero-order valence-corrected chi connectivity index (χ0v) is 10.6. The molecule has 0 aromatic rings. The van der Waals surface area contributed by atoms with Gasteiger partial charge >= 0.3 is 5.97 Å². The second-order valence-corrected chi connectivity index (χ2v) is 4.70. The van der Waals surface area contributed by atoms with Crippen LogP contribution in [0.2, 0.25) is 0 Å². The smallest absolute Gasteiger partial charge is 0.313 e. The average molecular weight is 259 g/mol. The number of aliphatic hydroxyl groups is 1. The maximum Gasteiger partial charge on any atom is 0.313 e. The lowest BCUT2D eigenvalue weighted by molar-refractivity contribution is -0.402. The van der Waals surface area contributed by atoms with Crippen LogP contribution in [0.5, 0.6) is 0 Å². The van der Waals surface area contributed by atoms with Crippen molar-refractivity contribution in [2.45, 2.75) is 45.3 Å². The van der Waals surface area contributed by atoms with Gasteiger partial charge in [0.1, 0.15) is 17.8 Å². The van der Waals surface area contributed by atoms with Crippen molar-refractivity contribution in [1.82, 2.24) is 0 Å². The largest absolute Gasteiger partial charge is 0.460 e. The normalized spacial score (nSPS) is 13.3. The summed E-state index contributed by atoms with van der Waals surface area (Å²) in [5, 5.41) is 19.2. The Hall–Kier alpha value is -1.76. The van der Waals surface area contributed by atoms with E-state index in [1.165, 1.54) is 0 Å². The molecule has 7 heteroatoms. The van der Waals surface area contributed by atoms with E-state index in [1.54, 1.807) is 20.8 Å². The third-order valence-corrected chi connectivity index (χ3v) is 1.63. The summed E-state index contributed by atoms with van der Waals surface area (Å²) in [6.07, 6.45) is -0.659.